The van der Waals surface area contributed by atoms with Crippen molar-refractivity contribution in [3.8, 4) is 5.75 Å². The Hall–Kier alpha value is -0.970. The lowest BCUT2D eigenvalue weighted by atomic mass is 10.2. The maximum absolute atomic E-state index is 11.7. The maximum atomic E-state index is 11.7. The normalized spacial score (nSPS) is 11.4. The van der Waals surface area contributed by atoms with Crippen molar-refractivity contribution < 1.29 is 9.53 Å². The summed E-state index contributed by atoms with van der Waals surface area (Å²) < 4.78 is 5.54. The molecule has 0 fully saturated rings. The molecule has 3 N–H and O–H groups in total. The summed E-state index contributed by atoms with van der Waals surface area (Å²) in [6.07, 6.45) is 0.172. The number of nitrogens with two attached hydrogens (primary N) is 1. The number of halogens is 2. The fourth-order valence-corrected chi connectivity index (χ4v) is 1.56. The lowest BCUT2D eigenvalue weighted by molar-refractivity contribution is -0.127. The largest absolute Gasteiger partial charge is 0.479 e. The van der Waals surface area contributed by atoms with Gasteiger partial charge in [-0.25, -0.2) is 0 Å². The number of ether oxygens (including phenoxy) is 1. The van der Waals surface area contributed by atoms with Gasteiger partial charge in [0.2, 0.25) is 0 Å². The molecule has 1 rings (SSSR count). The fourth-order valence-electron chi connectivity index (χ4n) is 1.40. The third-order valence-corrected chi connectivity index (χ3v) is 2.75. The summed E-state index contributed by atoms with van der Waals surface area (Å²) in [5, 5.41) is 3.25. The molecule has 6 heteroatoms. The smallest absolute Gasteiger partial charge is 0.260 e. The molecule has 1 amide bonds. The van der Waals surface area contributed by atoms with Gasteiger partial charge in [-0.3, -0.25) is 4.79 Å². The lowest BCUT2D eigenvalue weighted by Gasteiger charge is -2.15. The Labute approximate surface area is 125 Å². The van der Waals surface area contributed by atoms with Crippen LogP contribution < -0.4 is 15.8 Å². The minimum absolute atomic E-state index is 0. The van der Waals surface area contributed by atoms with E-state index in [9.17, 15) is 4.79 Å². The van der Waals surface area contributed by atoms with Gasteiger partial charge in [-0.05, 0) is 44.5 Å². The van der Waals surface area contributed by atoms with Crippen molar-refractivity contribution in [2.24, 2.45) is 5.73 Å². The zero-order valence-electron chi connectivity index (χ0n) is 11.1. The van der Waals surface area contributed by atoms with Crippen LogP contribution in [-0.2, 0) is 4.79 Å². The van der Waals surface area contributed by atoms with Gasteiger partial charge in [0.15, 0.2) is 6.10 Å². The Bertz CT molecular complexity index is 414. The van der Waals surface area contributed by atoms with E-state index >= 15 is 0 Å². The average molecular weight is 307 g/mol. The van der Waals surface area contributed by atoms with Crippen LogP contribution >= 0.6 is 24.0 Å². The Morgan fingerprint density at radius 1 is 1.53 bits per heavy atom. The first-order chi connectivity index (χ1) is 8.54. The van der Waals surface area contributed by atoms with Crippen molar-refractivity contribution >= 4 is 29.9 Å². The van der Waals surface area contributed by atoms with Gasteiger partial charge in [-0.15, -0.1) is 12.4 Å². The van der Waals surface area contributed by atoms with Gasteiger partial charge in [0.05, 0.1) is 5.02 Å². The molecule has 1 aromatic carbocycles. The Balaban J connectivity index is 0.00000324. The maximum Gasteiger partial charge on any atom is 0.260 e. The quantitative estimate of drug-likeness (QED) is 0.793. The predicted octanol–water partition coefficient (Wildman–Crippen LogP) is 2.30. The second kappa shape index (κ2) is 9.02. The van der Waals surface area contributed by atoms with Gasteiger partial charge in [0, 0.05) is 6.54 Å². The molecule has 108 valence electrons. The second-order valence-electron chi connectivity index (χ2n) is 4.13. The molecule has 0 aliphatic carbocycles. The minimum atomic E-state index is -0.581. The van der Waals surface area contributed by atoms with Crippen LogP contribution in [0.3, 0.4) is 0 Å². The van der Waals surface area contributed by atoms with Gasteiger partial charge in [-0.1, -0.05) is 17.7 Å². The monoisotopic (exact) mass is 306 g/mol. The average Bonchev–Trinajstić information content (AvgIpc) is 2.34. The number of hydrogen-bond donors (Lipinski definition) is 2. The van der Waals surface area contributed by atoms with Crippen molar-refractivity contribution in [2.45, 2.75) is 26.4 Å². The van der Waals surface area contributed by atoms with Crippen LogP contribution in [0.25, 0.3) is 0 Å². The van der Waals surface area contributed by atoms with Crippen molar-refractivity contribution in [1.82, 2.24) is 5.32 Å². The van der Waals surface area contributed by atoms with Crippen molar-refractivity contribution in [1.29, 1.82) is 0 Å². The van der Waals surface area contributed by atoms with Crippen LogP contribution in [0.5, 0.6) is 5.75 Å². The number of aryl methyl sites for hydroxylation is 1. The topological polar surface area (TPSA) is 64.3 Å². The summed E-state index contributed by atoms with van der Waals surface area (Å²) in [6.45, 7) is 4.75. The highest BCUT2D eigenvalue weighted by atomic mass is 35.5. The van der Waals surface area contributed by atoms with Gasteiger partial charge in [0.1, 0.15) is 5.75 Å². The van der Waals surface area contributed by atoms with E-state index in [1.807, 2.05) is 19.1 Å². The molecule has 1 atom stereocenters. The molecule has 4 nitrogen and oxygen atoms in total. The van der Waals surface area contributed by atoms with E-state index in [0.29, 0.717) is 23.9 Å². The van der Waals surface area contributed by atoms with Gasteiger partial charge in [-0.2, -0.15) is 0 Å². The highest BCUT2D eigenvalue weighted by molar-refractivity contribution is 6.32. The molecular formula is C13H20Cl2N2O2. The van der Waals surface area contributed by atoms with Crippen LogP contribution in [0.15, 0.2) is 18.2 Å². The third kappa shape index (κ3) is 6.14. The van der Waals surface area contributed by atoms with Crippen LogP contribution in [-0.4, -0.2) is 25.1 Å². The highest BCUT2D eigenvalue weighted by Gasteiger charge is 2.15. The van der Waals surface area contributed by atoms with Gasteiger partial charge >= 0.3 is 0 Å². The molecular weight excluding hydrogens is 287 g/mol. The van der Waals surface area contributed by atoms with Gasteiger partial charge in [0.25, 0.3) is 5.91 Å². The number of nitrogens with one attached hydrogen (secondary N) is 1. The van der Waals surface area contributed by atoms with Crippen LogP contribution in [0.4, 0.5) is 0 Å². The molecule has 0 heterocycles. The van der Waals surface area contributed by atoms with E-state index in [0.717, 1.165) is 12.0 Å². The van der Waals surface area contributed by atoms with Crippen LogP contribution in [0, 0.1) is 6.92 Å². The molecule has 0 aliphatic rings. The molecule has 0 radical (unpaired) electrons. The first-order valence-electron chi connectivity index (χ1n) is 5.95. The summed E-state index contributed by atoms with van der Waals surface area (Å²) in [5.74, 6) is 0.360. The molecule has 1 unspecified atom stereocenters. The van der Waals surface area contributed by atoms with Crippen molar-refractivity contribution in [3.63, 3.8) is 0 Å². The zero-order valence-corrected chi connectivity index (χ0v) is 12.7. The first kappa shape index (κ1) is 18.0. The zero-order chi connectivity index (χ0) is 13.5. The SMILES string of the molecule is Cc1ccc(Cl)c(OC(C)C(=O)NCCCN)c1.Cl. The van der Waals surface area contributed by atoms with E-state index < -0.39 is 6.10 Å². The molecule has 0 bridgehead atoms. The van der Waals surface area contributed by atoms with Crippen LogP contribution in [0.2, 0.25) is 5.02 Å². The van der Waals surface area contributed by atoms with E-state index in [2.05, 4.69) is 5.32 Å². The van der Waals surface area contributed by atoms with E-state index in [1.165, 1.54) is 0 Å². The molecule has 0 saturated carbocycles. The van der Waals surface area contributed by atoms with E-state index in [4.69, 9.17) is 22.1 Å². The van der Waals surface area contributed by atoms with E-state index in [1.54, 1.807) is 13.0 Å². The van der Waals surface area contributed by atoms with Crippen molar-refractivity contribution in [3.05, 3.63) is 28.8 Å². The molecule has 0 spiro atoms. The highest BCUT2D eigenvalue weighted by Crippen LogP contribution is 2.26. The number of carbonyl (C=O) groups excluding carboxylic acids is 1. The number of amides is 1. The molecule has 1 aromatic rings. The summed E-state index contributed by atoms with van der Waals surface area (Å²) in [6, 6.07) is 5.46. The van der Waals surface area contributed by atoms with E-state index in [-0.39, 0.29) is 18.3 Å². The summed E-state index contributed by atoms with van der Waals surface area (Å²) in [4.78, 5) is 11.7. The first-order valence-corrected chi connectivity index (χ1v) is 6.33. The minimum Gasteiger partial charge on any atom is -0.479 e. The number of hydrogen-bond acceptors (Lipinski definition) is 3. The fraction of sp³-hybridized carbons (Fsp3) is 0.462. The number of rotatable bonds is 6. The number of benzene rings is 1. The van der Waals surface area contributed by atoms with Gasteiger partial charge < -0.3 is 15.8 Å². The molecule has 0 aliphatic heterocycles. The Morgan fingerprint density at radius 2 is 2.21 bits per heavy atom. The summed E-state index contributed by atoms with van der Waals surface area (Å²) in [5.41, 5.74) is 6.38. The lowest BCUT2D eigenvalue weighted by Crippen LogP contribution is -2.37. The summed E-state index contributed by atoms with van der Waals surface area (Å²) in [7, 11) is 0. The molecule has 0 aromatic heterocycles. The standard InChI is InChI=1S/C13H19ClN2O2.ClH/c1-9-4-5-11(14)12(8-9)18-10(2)13(17)16-7-3-6-15;/h4-5,8,10H,3,6-7,15H2,1-2H3,(H,16,17);1H. The van der Waals surface area contributed by atoms with Crippen molar-refractivity contribution in [2.75, 3.05) is 13.1 Å². The number of carbonyl (C=O) groups is 1. The van der Waals surface area contributed by atoms with Crippen LogP contribution in [0.1, 0.15) is 18.9 Å². The summed E-state index contributed by atoms with van der Waals surface area (Å²) >= 11 is 6.00. The second-order valence-corrected chi connectivity index (χ2v) is 4.53. The Morgan fingerprint density at radius 3 is 2.84 bits per heavy atom. The molecule has 0 saturated heterocycles. The third-order valence-electron chi connectivity index (χ3n) is 2.44. The predicted molar refractivity (Wildman–Crippen MR) is 80.2 cm³/mol. The molecule has 19 heavy (non-hydrogen) atoms. The Kier molecular flexibility index (Phi) is 8.56.